The average Bonchev–Trinajstić information content (AvgIpc) is 2.69. The second kappa shape index (κ2) is 7.50. The van der Waals surface area contributed by atoms with E-state index in [2.05, 4.69) is 32.6 Å². The highest BCUT2D eigenvalue weighted by atomic mass is 35.5. The van der Waals surface area contributed by atoms with Crippen molar-refractivity contribution in [2.45, 2.75) is 13.0 Å². The Bertz CT molecular complexity index is 1030. The van der Waals surface area contributed by atoms with Crippen LogP contribution < -0.4 is 5.32 Å². The van der Waals surface area contributed by atoms with Gasteiger partial charge >= 0.3 is 0 Å². The van der Waals surface area contributed by atoms with Gasteiger partial charge in [0, 0.05) is 41.2 Å². The number of fused-ring (bicyclic) bond motifs is 1. The molecule has 1 N–H and O–H groups in total. The van der Waals surface area contributed by atoms with Gasteiger partial charge in [-0.15, -0.1) is 5.10 Å². The van der Waals surface area contributed by atoms with E-state index in [1.807, 2.05) is 48.5 Å². The number of aromatic nitrogens is 3. The quantitative estimate of drug-likeness (QED) is 0.551. The van der Waals surface area contributed by atoms with Crippen LogP contribution in [0, 0.1) is 0 Å². The van der Waals surface area contributed by atoms with Crippen molar-refractivity contribution in [3.63, 3.8) is 0 Å². The van der Waals surface area contributed by atoms with Crippen LogP contribution in [0.5, 0.6) is 0 Å². The van der Waals surface area contributed by atoms with E-state index in [4.69, 9.17) is 11.6 Å². The highest BCUT2D eigenvalue weighted by Crippen LogP contribution is 2.25. The molecule has 0 aliphatic heterocycles. The van der Waals surface area contributed by atoms with Gasteiger partial charge in [-0.05, 0) is 29.3 Å². The first-order valence-electron chi connectivity index (χ1n) is 8.42. The minimum atomic E-state index is 0.599. The number of benzene rings is 2. The van der Waals surface area contributed by atoms with Crippen molar-refractivity contribution in [3.05, 3.63) is 94.9 Å². The molecule has 0 unspecified atom stereocenters. The van der Waals surface area contributed by atoms with Gasteiger partial charge < -0.3 is 5.32 Å². The monoisotopic (exact) mass is 360 g/mol. The van der Waals surface area contributed by atoms with Crippen LogP contribution in [0.15, 0.2) is 73.1 Å². The summed E-state index contributed by atoms with van der Waals surface area (Å²) in [6.45, 7) is 0.599. The second-order valence-corrected chi connectivity index (χ2v) is 6.43. The lowest BCUT2D eigenvalue weighted by molar-refractivity contribution is 0.946. The number of hydrogen-bond acceptors (Lipinski definition) is 4. The van der Waals surface area contributed by atoms with E-state index in [1.54, 1.807) is 12.4 Å². The SMILES string of the molecule is Clc1ccccc1CNc1nnc(Cc2ccncc2)c2ccccc12. The first-order chi connectivity index (χ1) is 12.8. The standard InChI is InChI=1S/C21H17ClN4/c22-19-8-4-1-5-16(19)14-24-21-18-7-3-2-6-17(18)20(25-26-21)13-15-9-11-23-12-10-15/h1-12H,13-14H2,(H,24,26). The number of nitrogens with zero attached hydrogens (tertiary/aromatic N) is 3. The maximum atomic E-state index is 6.24. The molecule has 4 rings (SSSR count). The lowest BCUT2D eigenvalue weighted by Crippen LogP contribution is -2.06. The lowest BCUT2D eigenvalue weighted by Gasteiger charge is -2.12. The van der Waals surface area contributed by atoms with E-state index in [0.717, 1.165) is 44.9 Å². The summed E-state index contributed by atoms with van der Waals surface area (Å²) < 4.78 is 0. The maximum absolute atomic E-state index is 6.24. The molecule has 4 nitrogen and oxygen atoms in total. The Morgan fingerprint density at radius 1 is 0.808 bits per heavy atom. The molecule has 0 aliphatic carbocycles. The van der Waals surface area contributed by atoms with Gasteiger partial charge in [-0.2, -0.15) is 5.10 Å². The van der Waals surface area contributed by atoms with Gasteiger partial charge in [0.1, 0.15) is 0 Å². The van der Waals surface area contributed by atoms with E-state index in [1.165, 1.54) is 0 Å². The third-order valence-electron chi connectivity index (χ3n) is 4.29. The summed E-state index contributed by atoms with van der Waals surface area (Å²) in [5.41, 5.74) is 3.15. The smallest absolute Gasteiger partial charge is 0.156 e. The minimum absolute atomic E-state index is 0.599. The van der Waals surface area contributed by atoms with E-state index in [9.17, 15) is 0 Å². The zero-order valence-electron chi connectivity index (χ0n) is 14.1. The van der Waals surface area contributed by atoms with E-state index in [-0.39, 0.29) is 0 Å². The number of hydrogen-bond donors (Lipinski definition) is 1. The number of halogens is 1. The first-order valence-corrected chi connectivity index (χ1v) is 8.79. The lowest BCUT2D eigenvalue weighted by atomic mass is 10.0. The summed E-state index contributed by atoms with van der Waals surface area (Å²) in [7, 11) is 0. The third-order valence-corrected chi connectivity index (χ3v) is 4.66. The Morgan fingerprint density at radius 2 is 1.54 bits per heavy atom. The highest BCUT2D eigenvalue weighted by Gasteiger charge is 2.10. The largest absolute Gasteiger partial charge is 0.364 e. The average molecular weight is 361 g/mol. The maximum Gasteiger partial charge on any atom is 0.156 e. The van der Waals surface area contributed by atoms with E-state index >= 15 is 0 Å². The molecule has 0 amide bonds. The third kappa shape index (κ3) is 3.51. The summed E-state index contributed by atoms with van der Waals surface area (Å²) in [6, 6.07) is 20.0. The molecule has 0 bridgehead atoms. The fourth-order valence-electron chi connectivity index (χ4n) is 2.94. The molecule has 0 aliphatic rings. The van der Waals surface area contributed by atoms with Crippen LogP contribution in [0.3, 0.4) is 0 Å². The van der Waals surface area contributed by atoms with Crippen LogP contribution in [-0.4, -0.2) is 15.2 Å². The molecule has 26 heavy (non-hydrogen) atoms. The van der Waals surface area contributed by atoms with E-state index in [0.29, 0.717) is 6.54 Å². The molecule has 0 saturated heterocycles. The van der Waals surface area contributed by atoms with Gasteiger partial charge in [-0.3, -0.25) is 4.98 Å². The van der Waals surface area contributed by atoms with Gasteiger partial charge in [0.25, 0.3) is 0 Å². The van der Waals surface area contributed by atoms with Crippen molar-refractivity contribution in [3.8, 4) is 0 Å². The fraction of sp³-hybridized carbons (Fsp3) is 0.0952. The molecule has 0 spiro atoms. The molecule has 0 radical (unpaired) electrons. The Balaban J connectivity index is 1.65. The van der Waals surface area contributed by atoms with Crippen LogP contribution >= 0.6 is 11.6 Å². The molecule has 5 heteroatoms. The Morgan fingerprint density at radius 3 is 2.35 bits per heavy atom. The first kappa shape index (κ1) is 16.5. The summed E-state index contributed by atoms with van der Waals surface area (Å²) in [5, 5.41) is 15.2. The van der Waals surface area contributed by atoms with E-state index < -0.39 is 0 Å². The Kier molecular flexibility index (Phi) is 4.75. The summed E-state index contributed by atoms with van der Waals surface area (Å²) in [6.07, 6.45) is 4.32. The normalized spacial score (nSPS) is 10.8. The predicted octanol–water partition coefficient (Wildman–Crippen LogP) is 4.88. The predicted molar refractivity (Wildman–Crippen MR) is 105 cm³/mol. The molecular weight excluding hydrogens is 344 g/mol. The molecule has 2 aromatic carbocycles. The van der Waals surface area contributed by atoms with Gasteiger partial charge in [0.05, 0.1) is 5.69 Å². The number of rotatable bonds is 5. The topological polar surface area (TPSA) is 50.7 Å². The Labute approximate surface area is 156 Å². The fourth-order valence-corrected chi connectivity index (χ4v) is 3.14. The number of pyridine rings is 1. The molecule has 128 valence electrons. The summed E-state index contributed by atoms with van der Waals surface area (Å²) in [5.74, 6) is 0.763. The van der Waals surface area contributed by atoms with Crippen LogP contribution in [0.2, 0.25) is 5.02 Å². The van der Waals surface area contributed by atoms with Crippen molar-refractivity contribution in [1.29, 1.82) is 0 Å². The van der Waals surface area contributed by atoms with Crippen LogP contribution in [0.4, 0.5) is 5.82 Å². The molecule has 0 atom stereocenters. The van der Waals surface area contributed by atoms with Gasteiger partial charge in [-0.25, -0.2) is 0 Å². The number of anilines is 1. The van der Waals surface area contributed by atoms with Crippen molar-refractivity contribution >= 4 is 28.2 Å². The highest BCUT2D eigenvalue weighted by molar-refractivity contribution is 6.31. The van der Waals surface area contributed by atoms with Crippen LogP contribution in [-0.2, 0) is 13.0 Å². The van der Waals surface area contributed by atoms with Crippen LogP contribution in [0.1, 0.15) is 16.8 Å². The Hall–Kier alpha value is -2.98. The van der Waals surface area contributed by atoms with Crippen molar-refractivity contribution in [1.82, 2.24) is 15.2 Å². The van der Waals surface area contributed by atoms with Crippen molar-refractivity contribution in [2.24, 2.45) is 0 Å². The van der Waals surface area contributed by atoms with Crippen molar-refractivity contribution < 1.29 is 0 Å². The van der Waals surface area contributed by atoms with Gasteiger partial charge in [0.15, 0.2) is 5.82 Å². The molecule has 4 aromatic rings. The second-order valence-electron chi connectivity index (χ2n) is 6.02. The molecular formula is C21H17ClN4. The van der Waals surface area contributed by atoms with Gasteiger partial charge in [-0.1, -0.05) is 54.1 Å². The summed E-state index contributed by atoms with van der Waals surface area (Å²) in [4.78, 5) is 4.07. The molecule has 2 heterocycles. The zero-order valence-corrected chi connectivity index (χ0v) is 14.8. The van der Waals surface area contributed by atoms with Crippen molar-refractivity contribution in [2.75, 3.05) is 5.32 Å². The minimum Gasteiger partial charge on any atom is -0.364 e. The zero-order chi connectivity index (χ0) is 17.8. The number of nitrogens with one attached hydrogen (secondary N) is 1. The van der Waals surface area contributed by atoms with Crippen LogP contribution in [0.25, 0.3) is 10.8 Å². The van der Waals surface area contributed by atoms with Gasteiger partial charge in [0.2, 0.25) is 0 Å². The molecule has 2 aromatic heterocycles. The molecule has 0 saturated carbocycles. The summed E-state index contributed by atoms with van der Waals surface area (Å²) >= 11 is 6.24. The molecule has 0 fully saturated rings.